The summed E-state index contributed by atoms with van der Waals surface area (Å²) < 4.78 is 1.79. The minimum atomic E-state index is 0.0253. The van der Waals surface area contributed by atoms with Crippen molar-refractivity contribution in [3.05, 3.63) is 52.8 Å². The second kappa shape index (κ2) is 6.12. The van der Waals surface area contributed by atoms with Gasteiger partial charge in [-0.05, 0) is 67.9 Å². The number of hydrogen-bond acceptors (Lipinski definition) is 2. The molecule has 26 heavy (non-hydrogen) atoms. The summed E-state index contributed by atoms with van der Waals surface area (Å²) in [6.45, 7) is 0.574. The van der Waals surface area contributed by atoms with Crippen LogP contribution in [-0.2, 0) is 6.54 Å². The molecule has 5 heteroatoms. The monoisotopic (exact) mass is 369 g/mol. The normalized spacial score (nSPS) is 32.0. The van der Waals surface area contributed by atoms with E-state index < -0.39 is 0 Å². The van der Waals surface area contributed by atoms with Crippen LogP contribution < -0.4 is 5.32 Å². The zero-order chi connectivity index (χ0) is 17.7. The first kappa shape index (κ1) is 16.4. The topological polar surface area (TPSA) is 46.9 Å². The third-order valence-electron chi connectivity index (χ3n) is 6.60. The number of hydrogen-bond donors (Lipinski definition) is 1. The number of carbonyl (C=O) groups is 1. The van der Waals surface area contributed by atoms with Gasteiger partial charge < -0.3 is 5.32 Å². The number of nitrogens with one attached hydrogen (secondary N) is 1. The standard InChI is InChI=1S/C21H24ClN3O/c22-19-4-2-1-3-17(19)12-25-13-18(11-23-25)20(26)24-21-8-14-5-15(9-21)7-16(6-14)10-21/h1-4,11,13-16H,5-10,12H2,(H,24,26). The van der Waals surface area contributed by atoms with Crippen molar-refractivity contribution in [1.29, 1.82) is 0 Å². The lowest BCUT2D eigenvalue weighted by molar-refractivity contribution is -0.0167. The van der Waals surface area contributed by atoms with Gasteiger partial charge in [-0.15, -0.1) is 0 Å². The summed E-state index contributed by atoms with van der Waals surface area (Å²) in [7, 11) is 0. The van der Waals surface area contributed by atoms with Crippen molar-refractivity contribution < 1.29 is 4.79 Å². The van der Waals surface area contributed by atoms with E-state index in [4.69, 9.17) is 11.6 Å². The Balaban J connectivity index is 1.30. The van der Waals surface area contributed by atoms with Crippen LogP contribution in [0.5, 0.6) is 0 Å². The average Bonchev–Trinajstić information content (AvgIpc) is 3.04. The van der Waals surface area contributed by atoms with Crippen molar-refractivity contribution in [1.82, 2.24) is 15.1 Å². The second-order valence-electron chi connectivity index (χ2n) is 8.67. The van der Waals surface area contributed by atoms with E-state index in [1.54, 1.807) is 10.9 Å². The summed E-state index contributed by atoms with van der Waals surface area (Å²) in [4.78, 5) is 12.9. The minimum Gasteiger partial charge on any atom is -0.346 e. The van der Waals surface area contributed by atoms with Gasteiger partial charge in [0.15, 0.2) is 0 Å². The lowest BCUT2D eigenvalue weighted by atomic mass is 9.53. The van der Waals surface area contributed by atoms with Crippen molar-refractivity contribution in [3.8, 4) is 0 Å². The van der Waals surface area contributed by atoms with E-state index in [0.717, 1.165) is 28.3 Å². The van der Waals surface area contributed by atoms with Gasteiger partial charge in [0.1, 0.15) is 0 Å². The SMILES string of the molecule is O=C(NC12CC3CC(CC(C3)C1)C2)c1cnn(Cc2ccccc2Cl)c1. The highest BCUT2D eigenvalue weighted by atomic mass is 35.5. The maximum absolute atomic E-state index is 12.9. The van der Waals surface area contributed by atoms with E-state index in [0.29, 0.717) is 12.1 Å². The molecule has 0 saturated heterocycles. The molecule has 4 saturated carbocycles. The van der Waals surface area contributed by atoms with Crippen LogP contribution in [0.25, 0.3) is 0 Å². The van der Waals surface area contributed by atoms with E-state index in [2.05, 4.69) is 10.4 Å². The zero-order valence-corrected chi connectivity index (χ0v) is 15.6. The van der Waals surface area contributed by atoms with Crippen LogP contribution in [-0.4, -0.2) is 21.2 Å². The van der Waals surface area contributed by atoms with E-state index >= 15 is 0 Å². The molecule has 1 heterocycles. The summed E-state index contributed by atoms with van der Waals surface area (Å²) >= 11 is 6.23. The molecular weight excluding hydrogens is 346 g/mol. The van der Waals surface area contributed by atoms with Gasteiger partial charge in [-0.2, -0.15) is 5.10 Å². The molecule has 0 radical (unpaired) electrons. The highest BCUT2D eigenvalue weighted by molar-refractivity contribution is 6.31. The molecule has 0 aliphatic heterocycles. The van der Waals surface area contributed by atoms with Crippen LogP contribution in [0, 0.1) is 17.8 Å². The first-order valence-corrected chi connectivity index (χ1v) is 10.0. The van der Waals surface area contributed by atoms with E-state index in [9.17, 15) is 4.79 Å². The molecule has 4 aliphatic rings. The van der Waals surface area contributed by atoms with Crippen LogP contribution in [0.15, 0.2) is 36.7 Å². The summed E-state index contributed by atoms with van der Waals surface area (Å²) in [5.74, 6) is 2.50. The Morgan fingerprint density at radius 1 is 1.15 bits per heavy atom. The van der Waals surface area contributed by atoms with Crippen molar-refractivity contribution in [2.24, 2.45) is 17.8 Å². The number of carbonyl (C=O) groups excluding carboxylic acids is 1. The predicted octanol–water partition coefficient (Wildman–Crippen LogP) is 4.28. The zero-order valence-electron chi connectivity index (χ0n) is 14.8. The van der Waals surface area contributed by atoms with Gasteiger partial charge in [0.05, 0.1) is 18.3 Å². The Morgan fingerprint density at radius 3 is 2.46 bits per heavy atom. The molecule has 4 bridgehead atoms. The van der Waals surface area contributed by atoms with Gasteiger partial charge in [0, 0.05) is 16.8 Å². The number of nitrogens with zero attached hydrogens (tertiary/aromatic N) is 2. The Labute approximate surface area is 158 Å². The molecule has 0 unspecified atom stereocenters. The van der Waals surface area contributed by atoms with E-state index in [1.165, 1.54) is 38.5 Å². The van der Waals surface area contributed by atoms with Crippen molar-refractivity contribution in [2.45, 2.75) is 50.6 Å². The summed E-state index contributed by atoms with van der Waals surface area (Å²) in [6, 6.07) is 7.74. The minimum absolute atomic E-state index is 0.0253. The Hall–Kier alpha value is -1.81. The summed E-state index contributed by atoms with van der Waals surface area (Å²) in [6.07, 6.45) is 11.1. The van der Waals surface area contributed by atoms with Gasteiger partial charge in [-0.25, -0.2) is 0 Å². The quantitative estimate of drug-likeness (QED) is 0.874. The van der Waals surface area contributed by atoms with Gasteiger partial charge in [0.2, 0.25) is 0 Å². The molecule has 4 aliphatic carbocycles. The van der Waals surface area contributed by atoms with Gasteiger partial charge >= 0.3 is 0 Å². The van der Waals surface area contributed by atoms with Crippen molar-refractivity contribution >= 4 is 17.5 Å². The molecule has 0 atom stereocenters. The molecule has 2 aromatic rings. The van der Waals surface area contributed by atoms with E-state index in [1.807, 2.05) is 30.5 Å². The number of aromatic nitrogens is 2. The van der Waals surface area contributed by atoms with Crippen LogP contribution >= 0.6 is 11.6 Å². The summed E-state index contributed by atoms with van der Waals surface area (Å²) in [5.41, 5.74) is 1.69. The van der Waals surface area contributed by atoms with Crippen LogP contribution in [0.1, 0.15) is 54.4 Å². The lowest BCUT2D eigenvalue weighted by Crippen LogP contribution is -2.59. The van der Waals surface area contributed by atoms with Crippen molar-refractivity contribution in [2.75, 3.05) is 0 Å². The molecule has 1 aromatic carbocycles. The number of benzene rings is 1. The fraction of sp³-hybridized carbons (Fsp3) is 0.524. The van der Waals surface area contributed by atoms with Gasteiger partial charge in [-0.1, -0.05) is 29.8 Å². The molecule has 6 rings (SSSR count). The van der Waals surface area contributed by atoms with Crippen LogP contribution in [0.2, 0.25) is 5.02 Å². The Kier molecular flexibility index (Phi) is 3.85. The number of amides is 1. The first-order valence-electron chi connectivity index (χ1n) is 9.67. The lowest BCUT2D eigenvalue weighted by Gasteiger charge is -2.56. The molecule has 0 spiro atoms. The summed E-state index contributed by atoms with van der Waals surface area (Å²) in [5, 5.41) is 8.50. The fourth-order valence-electron chi connectivity index (χ4n) is 5.95. The third kappa shape index (κ3) is 2.94. The molecule has 1 amide bonds. The van der Waals surface area contributed by atoms with Crippen LogP contribution in [0.4, 0.5) is 0 Å². The predicted molar refractivity (Wildman–Crippen MR) is 101 cm³/mol. The number of halogens is 1. The molecule has 4 fully saturated rings. The van der Waals surface area contributed by atoms with Gasteiger partial charge in [0.25, 0.3) is 5.91 Å². The highest BCUT2D eigenvalue weighted by Crippen LogP contribution is 2.55. The largest absolute Gasteiger partial charge is 0.346 e. The Morgan fingerprint density at radius 2 is 1.81 bits per heavy atom. The van der Waals surface area contributed by atoms with Crippen molar-refractivity contribution in [3.63, 3.8) is 0 Å². The molecule has 1 N–H and O–H groups in total. The Bertz CT molecular complexity index is 808. The number of rotatable bonds is 4. The van der Waals surface area contributed by atoms with Gasteiger partial charge in [-0.3, -0.25) is 9.48 Å². The molecule has 1 aromatic heterocycles. The molecular formula is C21H24ClN3O. The maximum atomic E-state index is 12.9. The maximum Gasteiger partial charge on any atom is 0.254 e. The third-order valence-corrected chi connectivity index (χ3v) is 6.97. The molecule has 4 nitrogen and oxygen atoms in total. The smallest absolute Gasteiger partial charge is 0.254 e. The first-order chi connectivity index (χ1) is 12.6. The van der Waals surface area contributed by atoms with E-state index in [-0.39, 0.29) is 11.4 Å². The van der Waals surface area contributed by atoms with Crippen LogP contribution in [0.3, 0.4) is 0 Å². The molecule has 136 valence electrons. The highest BCUT2D eigenvalue weighted by Gasteiger charge is 2.51. The fourth-order valence-corrected chi connectivity index (χ4v) is 6.14. The second-order valence-corrected chi connectivity index (χ2v) is 9.08. The average molecular weight is 370 g/mol.